The molecule has 0 unspecified atom stereocenters. The molecule has 0 aliphatic carbocycles. The number of benzene rings is 2. The second-order valence-electron chi connectivity index (χ2n) is 5.39. The third kappa shape index (κ3) is 3.80. The summed E-state index contributed by atoms with van der Waals surface area (Å²) in [7, 11) is 1.61. The van der Waals surface area contributed by atoms with Crippen molar-refractivity contribution in [1.29, 1.82) is 0 Å². The summed E-state index contributed by atoms with van der Waals surface area (Å²) < 4.78 is 7.68. The Morgan fingerprint density at radius 3 is 2.68 bits per heavy atom. The summed E-state index contributed by atoms with van der Waals surface area (Å²) in [6.07, 6.45) is 3.21. The predicted molar refractivity (Wildman–Crippen MR) is 102 cm³/mol. The Morgan fingerprint density at radius 1 is 1.24 bits per heavy atom. The number of thiazole rings is 1. The molecule has 0 fully saturated rings. The van der Waals surface area contributed by atoms with E-state index in [1.54, 1.807) is 23.8 Å². The lowest BCUT2D eigenvalue weighted by atomic mass is 10.2. The number of aromatic nitrogens is 1. The van der Waals surface area contributed by atoms with Crippen LogP contribution in [0.25, 0.3) is 16.3 Å². The number of ether oxygens (including phenoxy) is 1. The summed E-state index contributed by atoms with van der Waals surface area (Å²) >= 11 is 1.18. The van der Waals surface area contributed by atoms with Gasteiger partial charge < -0.3 is 10.1 Å². The molecule has 0 atom stereocenters. The van der Waals surface area contributed by atoms with Crippen LogP contribution in [0.2, 0.25) is 0 Å². The normalized spacial score (nSPS) is 11.1. The molecule has 1 amide bonds. The molecule has 3 aromatic rings. The van der Waals surface area contributed by atoms with Crippen molar-refractivity contribution < 1.29 is 9.53 Å². The lowest BCUT2D eigenvalue weighted by molar-refractivity contribution is -0.111. The van der Waals surface area contributed by atoms with Crippen molar-refractivity contribution in [3.05, 3.63) is 63.8 Å². The molecule has 0 saturated heterocycles. The van der Waals surface area contributed by atoms with Crippen LogP contribution in [0.1, 0.15) is 12.5 Å². The van der Waals surface area contributed by atoms with E-state index < -0.39 is 0 Å². The predicted octanol–water partition coefficient (Wildman–Crippen LogP) is 3.74. The van der Waals surface area contributed by atoms with E-state index in [0.717, 1.165) is 21.5 Å². The number of hydrogen-bond acceptors (Lipinski definition) is 4. The van der Waals surface area contributed by atoms with Gasteiger partial charge in [-0.1, -0.05) is 23.5 Å². The van der Waals surface area contributed by atoms with Crippen molar-refractivity contribution in [2.45, 2.75) is 13.5 Å². The first kappa shape index (κ1) is 17.0. The minimum Gasteiger partial charge on any atom is -0.497 e. The first-order chi connectivity index (χ1) is 12.1. The molecule has 0 aliphatic heterocycles. The van der Waals surface area contributed by atoms with Crippen LogP contribution in [0.5, 0.6) is 5.75 Å². The number of rotatable bonds is 5. The Labute approximate surface area is 149 Å². The average molecular weight is 354 g/mol. The molecule has 25 heavy (non-hydrogen) atoms. The highest BCUT2D eigenvalue weighted by molar-refractivity contribution is 7.16. The quantitative estimate of drug-likeness (QED) is 0.710. The highest BCUT2D eigenvalue weighted by atomic mass is 32.1. The fourth-order valence-corrected chi connectivity index (χ4v) is 3.51. The number of carbonyl (C=O) groups excluding carboxylic acids is 1. The number of aryl methyl sites for hydroxylation is 1. The van der Waals surface area contributed by atoms with Gasteiger partial charge in [0.05, 0.1) is 17.3 Å². The summed E-state index contributed by atoms with van der Waals surface area (Å²) in [4.78, 5) is 24.0. The molecule has 2 aromatic carbocycles. The molecule has 1 heterocycles. The zero-order chi connectivity index (χ0) is 17.8. The van der Waals surface area contributed by atoms with E-state index in [9.17, 15) is 9.59 Å². The van der Waals surface area contributed by atoms with Crippen molar-refractivity contribution in [3.63, 3.8) is 0 Å². The maximum Gasteiger partial charge on any atom is 0.308 e. The molecule has 3 rings (SSSR count). The summed E-state index contributed by atoms with van der Waals surface area (Å²) in [5.74, 6) is 0.547. The zero-order valence-corrected chi connectivity index (χ0v) is 14.8. The van der Waals surface area contributed by atoms with Crippen LogP contribution in [0.4, 0.5) is 5.69 Å². The minimum atomic E-state index is -0.225. The smallest absolute Gasteiger partial charge is 0.308 e. The second-order valence-corrected chi connectivity index (χ2v) is 6.38. The van der Waals surface area contributed by atoms with Gasteiger partial charge in [-0.15, -0.1) is 0 Å². The van der Waals surface area contributed by atoms with Crippen molar-refractivity contribution in [2.75, 3.05) is 12.4 Å². The van der Waals surface area contributed by atoms with Gasteiger partial charge in [-0.25, -0.2) is 0 Å². The van der Waals surface area contributed by atoms with Crippen molar-refractivity contribution in [1.82, 2.24) is 4.57 Å². The SMILES string of the molecule is CCn1c(=O)sc2cc(NC(=O)/C=C/c3ccc(OC)cc3)ccc21. The molecule has 0 bridgehead atoms. The maximum atomic E-state index is 12.1. The van der Waals surface area contributed by atoms with E-state index in [4.69, 9.17) is 4.74 Å². The van der Waals surface area contributed by atoms with Crippen LogP contribution < -0.4 is 14.9 Å². The molecule has 0 radical (unpaired) electrons. The molecule has 1 aromatic heterocycles. The minimum absolute atomic E-state index is 0.0142. The van der Waals surface area contributed by atoms with E-state index in [0.29, 0.717) is 12.2 Å². The van der Waals surface area contributed by atoms with Gasteiger partial charge in [0, 0.05) is 18.3 Å². The lowest BCUT2D eigenvalue weighted by Crippen LogP contribution is -2.10. The van der Waals surface area contributed by atoms with Gasteiger partial charge in [-0.05, 0) is 48.9 Å². The summed E-state index contributed by atoms with van der Waals surface area (Å²) in [6, 6.07) is 12.9. The van der Waals surface area contributed by atoms with Gasteiger partial charge in [-0.3, -0.25) is 14.2 Å². The maximum absolute atomic E-state index is 12.1. The molecular formula is C19H18N2O3S. The average Bonchev–Trinajstić information content (AvgIpc) is 2.94. The molecule has 0 aliphatic rings. The highest BCUT2D eigenvalue weighted by Crippen LogP contribution is 2.22. The molecule has 128 valence electrons. The molecule has 1 N–H and O–H groups in total. The molecular weight excluding hydrogens is 336 g/mol. The number of hydrogen-bond donors (Lipinski definition) is 1. The van der Waals surface area contributed by atoms with E-state index in [1.807, 2.05) is 43.3 Å². The van der Waals surface area contributed by atoms with Crippen molar-refractivity contribution in [2.24, 2.45) is 0 Å². The fourth-order valence-electron chi connectivity index (χ4n) is 2.51. The van der Waals surface area contributed by atoms with Crippen LogP contribution >= 0.6 is 11.3 Å². The Kier molecular flexibility index (Phi) is 5.00. The molecule has 0 saturated carbocycles. The largest absolute Gasteiger partial charge is 0.497 e. The number of fused-ring (bicyclic) bond motifs is 1. The van der Waals surface area contributed by atoms with Gasteiger partial charge in [0.25, 0.3) is 0 Å². The van der Waals surface area contributed by atoms with Gasteiger partial charge in [0.15, 0.2) is 0 Å². The van der Waals surface area contributed by atoms with Crippen LogP contribution in [0.3, 0.4) is 0 Å². The monoisotopic (exact) mass is 354 g/mol. The highest BCUT2D eigenvalue weighted by Gasteiger charge is 2.07. The van der Waals surface area contributed by atoms with Crippen LogP contribution in [0.15, 0.2) is 53.3 Å². The van der Waals surface area contributed by atoms with Crippen molar-refractivity contribution in [3.8, 4) is 5.75 Å². The van der Waals surface area contributed by atoms with Gasteiger partial charge in [0.1, 0.15) is 5.75 Å². The van der Waals surface area contributed by atoms with Gasteiger partial charge in [0.2, 0.25) is 5.91 Å². The van der Waals surface area contributed by atoms with E-state index in [2.05, 4.69) is 5.32 Å². The standard InChI is InChI=1S/C19H18N2O3S/c1-3-21-16-10-7-14(12-17(16)25-19(21)23)20-18(22)11-6-13-4-8-15(24-2)9-5-13/h4-12H,3H2,1-2H3,(H,20,22)/b11-6+. The topological polar surface area (TPSA) is 60.3 Å². The van der Waals surface area contributed by atoms with E-state index in [-0.39, 0.29) is 10.8 Å². The number of anilines is 1. The van der Waals surface area contributed by atoms with Gasteiger partial charge in [-0.2, -0.15) is 0 Å². The van der Waals surface area contributed by atoms with Crippen LogP contribution in [-0.2, 0) is 11.3 Å². The Balaban J connectivity index is 1.72. The molecule has 6 heteroatoms. The number of nitrogens with one attached hydrogen (secondary N) is 1. The van der Waals surface area contributed by atoms with E-state index in [1.165, 1.54) is 17.4 Å². The van der Waals surface area contributed by atoms with E-state index >= 15 is 0 Å². The number of methoxy groups -OCH3 is 1. The summed E-state index contributed by atoms with van der Waals surface area (Å²) in [6.45, 7) is 2.57. The van der Waals surface area contributed by atoms with Crippen molar-refractivity contribution >= 4 is 39.2 Å². The number of carbonyl (C=O) groups is 1. The number of nitrogens with zero attached hydrogens (tertiary/aromatic N) is 1. The summed E-state index contributed by atoms with van der Waals surface area (Å²) in [5.41, 5.74) is 2.47. The third-order valence-electron chi connectivity index (χ3n) is 3.79. The molecule has 0 spiro atoms. The van der Waals surface area contributed by atoms with Crippen LogP contribution in [0, 0.1) is 0 Å². The number of amides is 1. The Bertz CT molecular complexity index is 984. The Morgan fingerprint density at radius 2 is 2.00 bits per heavy atom. The fraction of sp³-hybridized carbons (Fsp3) is 0.158. The molecule has 5 nitrogen and oxygen atoms in total. The first-order valence-electron chi connectivity index (χ1n) is 7.87. The lowest BCUT2D eigenvalue weighted by Gasteiger charge is -2.03. The zero-order valence-electron chi connectivity index (χ0n) is 14.0. The summed E-state index contributed by atoms with van der Waals surface area (Å²) in [5, 5.41) is 2.82. The second kappa shape index (κ2) is 7.36. The first-order valence-corrected chi connectivity index (χ1v) is 8.69. The Hall–Kier alpha value is -2.86. The van der Waals surface area contributed by atoms with Crippen LogP contribution in [-0.4, -0.2) is 17.6 Å². The third-order valence-corrected chi connectivity index (χ3v) is 4.74. The van der Waals surface area contributed by atoms with Gasteiger partial charge >= 0.3 is 4.87 Å².